The minimum absolute atomic E-state index is 0.123. The topological polar surface area (TPSA) is 112 Å². The molecule has 0 saturated carbocycles. The van der Waals surface area contributed by atoms with Crippen LogP contribution >= 0.6 is 0 Å². The molecule has 204 valence electrons. The summed E-state index contributed by atoms with van der Waals surface area (Å²) in [5, 5.41) is 11.4. The van der Waals surface area contributed by atoms with Crippen LogP contribution in [-0.2, 0) is 11.2 Å². The van der Waals surface area contributed by atoms with Crippen molar-refractivity contribution in [2.24, 2.45) is 0 Å². The summed E-state index contributed by atoms with van der Waals surface area (Å²) in [6.45, 7) is 1.86. The number of rotatable bonds is 6. The van der Waals surface area contributed by atoms with Gasteiger partial charge in [-0.1, -0.05) is 30.3 Å². The van der Waals surface area contributed by atoms with Crippen LogP contribution < -0.4 is 5.32 Å². The number of hydrogen-bond acceptors (Lipinski definition) is 5. The van der Waals surface area contributed by atoms with E-state index in [2.05, 4.69) is 30.5 Å². The standard InChI is InChI=1S/C33H24FN7O/c1-19-11-21(14-23(34)12-19)31-25-16-29(38-27(25)9-10-36-31)33-32-28(40-41-33)8-7-26(39-32)22-15-24(18-35-17-22)37-30(42)13-20-5-3-2-4-6-20/h2-12,14-18,38H,13H2,1H3,(H,37,42)(H,40,41). The lowest BCUT2D eigenvalue weighted by molar-refractivity contribution is -0.115. The number of nitrogens with zero attached hydrogens (tertiary/aromatic N) is 4. The SMILES string of the molecule is Cc1cc(F)cc(-c2nccc3[nH]c(-c4n[nH]c5ccc(-c6cncc(NC(=O)Cc7ccccc7)c6)nc45)cc23)c1. The highest BCUT2D eigenvalue weighted by molar-refractivity contribution is 5.99. The van der Waals surface area contributed by atoms with Crippen molar-refractivity contribution in [1.29, 1.82) is 0 Å². The number of aromatic amines is 2. The van der Waals surface area contributed by atoms with Crippen molar-refractivity contribution < 1.29 is 9.18 Å². The van der Waals surface area contributed by atoms with Crippen LogP contribution in [0.2, 0.25) is 0 Å². The minimum Gasteiger partial charge on any atom is -0.353 e. The summed E-state index contributed by atoms with van der Waals surface area (Å²) in [6, 6.07) is 24.0. The van der Waals surface area contributed by atoms with Gasteiger partial charge in [-0.3, -0.25) is 19.9 Å². The van der Waals surface area contributed by atoms with Crippen molar-refractivity contribution in [2.75, 3.05) is 5.32 Å². The zero-order valence-corrected chi connectivity index (χ0v) is 22.5. The van der Waals surface area contributed by atoms with Crippen molar-refractivity contribution in [3.8, 4) is 33.9 Å². The number of carbonyl (C=O) groups excluding carboxylic acids is 1. The lowest BCUT2D eigenvalue weighted by atomic mass is 10.0. The zero-order valence-electron chi connectivity index (χ0n) is 22.5. The molecule has 5 heterocycles. The molecule has 0 unspecified atom stereocenters. The van der Waals surface area contributed by atoms with Crippen LogP contribution in [0.15, 0.2) is 97.5 Å². The summed E-state index contributed by atoms with van der Waals surface area (Å²) >= 11 is 0. The number of H-pyrrole nitrogens is 2. The van der Waals surface area contributed by atoms with E-state index in [0.717, 1.165) is 38.8 Å². The number of pyridine rings is 3. The third-order valence-corrected chi connectivity index (χ3v) is 7.05. The Hall–Kier alpha value is -5.70. The predicted octanol–water partition coefficient (Wildman–Crippen LogP) is 6.86. The monoisotopic (exact) mass is 553 g/mol. The first-order chi connectivity index (χ1) is 20.5. The van der Waals surface area contributed by atoms with E-state index in [-0.39, 0.29) is 18.1 Å². The van der Waals surface area contributed by atoms with Crippen LogP contribution in [0.3, 0.4) is 0 Å². The number of amides is 1. The third kappa shape index (κ3) is 4.88. The van der Waals surface area contributed by atoms with Crippen LogP contribution in [0, 0.1) is 12.7 Å². The largest absolute Gasteiger partial charge is 0.353 e. The highest BCUT2D eigenvalue weighted by atomic mass is 19.1. The molecular weight excluding hydrogens is 529 g/mol. The fourth-order valence-corrected chi connectivity index (χ4v) is 5.17. The molecule has 0 radical (unpaired) electrons. The quantitative estimate of drug-likeness (QED) is 0.208. The maximum atomic E-state index is 14.2. The fourth-order valence-electron chi connectivity index (χ4n) is 5.17. The maximum absolute atomic E-state index is 14.2. The number of anilines is 1. The second kappa shape index (κ2) is 10.4. The van der Waals surface area contributed by atoms with E-state index in [4.69, 9.17) is 4.98 Å². The molecule has 7 aromatic rings. The van der Waals surface area contributed by atoms with Gasteiger partial charge in [0.2, 0.25) is 5.91 Å². The Kier molecular flexibility index (Phi) is 6.24. The van der Waals surface area contributed by atoms with Crippen molar-refractivity contribution in [2.45, 2.75) is 13.3 Å². The highest BCUT2D eigenvalue weighted by Gasteiger charge is 2.17. The molecule has 9 heteroatoms. The first-order valence-corrected chi connectivity index (χ1v) is 13.4. The van der Waals surface area contributed by atoms with Crippen molar-refractivity contribution >= 4 is 33.5 Å². The predicted molar refractivity (Wildman–Crippen MR) is 161 cm³/mol. The van der Waals surface area contributed by atoms with Crippen LogP contribution in [0.5, 0.6) is 0 Å². The Balaban J connectivity index is 1.22. The molecule has 0 saturated heterocycles. The van der Waals surface area contributed by atoms with Crippen LogP contribution in [0.25, 0.3) is 55.8 Å². The Labute approximate surface area is 239 Å². The summed E-state index contributed by atoms with van der Waals surface area (Å²) in [5.74, 6) is -0.425. The molecule has 42 heavy (non-hydrogen) atoms. The molecule has 3 N–H and O–H groups in total. The number of benzene rings is 2. The Morgan fingerprint density at radius 1 is 0.905 bits per heavy atom. The smallest absolute Gasteiger partial charge is 0.228 e. The Morgan fingerprint density at radius 2 is 1.79 bits per heavy atom. The van der Waals surface area contributed by atoms with Gasteiger partial charge >= 0.3 is 0 Å². The molecule has 5 aromatic heterocycles. The van der Waals surface area contributed by atoms with Crippen LogP contribution in [0.4, 0.5) is 10.1 Å². The second-order valence-corrected chi connectivity index (χ2v) is 10.2. The summed E-state index contributed by atoms with van der Waals surface area (Å²) in [5.41, 5.74) is 8.87. The van der Waals surface area contributed by atoms with Gasteiger partial charge in [-0.15, -0.1) is 0 Å². The molecule has 0 aliphatic carbocycles. The van der Waals surface area contributed by atoms with E-state index < -0.39 is 0 Å². The normalized spacial score (nSPS) is 11.3. The van der Waals surface area contributed by atoms with Crippen molar-refractivity contribution in [3.05, 3.63) is 114 Å². The summed E-state index contributed by atoms with van der Waals surface area (Å²) < 4.78 is 14.2. The summed E-state index contributed by atoms with van der Waals surface area (Å²) in [7, 11) is 0. The van der Waals surface area contributed by atoms with Crippen molar-refractivity contribution in [3.63, 3.8) is 0 Å². The van der Waals surface area contributed by atoms with Gasteiger partial charge in [-0.2, -0.15) is 5.10 Å². The van der Waals surface area contributed by atoms with E-state index in [1.807, 2.05) is 73.7 Å². The Morgan fingerprint density at radius 3 is 2.64 bits per heavy atom. The molecular formula is C33H24FN7O. The molecule has 8 nitrogen and oxygen atoms in total. The van der Waals surface area contributed by atoms with E-state index in [1.54, 1.807) is 18.6 Å². The molecule has 0 aliphatic rings. The number of aryl methyl sites for hydroxylation is 1. The Bertz CT molecular complexity index is 2080. The molecule has 7 rings (SSSR count). The number of aromatic nitrogens is 6. The van der Waals surface area contributed by atoms with Gasteiger partial charge in [0.25, 0.3) is 0 Å². The van der Waals surface area contributed by atoms with E-state index >= 15 is 0 Å². The molecule has 0 bridgehead atoms. The van der Waals surface area contributed by atoms with Gasteiger partial charge in [0.15, 0.2) is 0 Å². The number of fused-ring (bicyclic) bond motifs is 2. The average molecular weight is 554 g/mol. The van der Waals surface area contributed by atoms with E-state index in [1.165, 1.54) is 12.1 Å². The number of nitrogens with one attached hydrogen (secondary N) is 3. The average Bonchev–Trinajstić information content (AvgIpc) is 3.61. The van der Waals surface area contributed by atoms with Gasteiger partial charge in [0, 0.05) is 34.4 Å². The van der Waals surface area contributed by atoms with Gasteiger partial charge in [0.05, 0.1) is 40.9 Å². The zero-order chi connectivity index (χ0) is 28.6. The van der Waals surface area contributed by atoms with Crippen molar-refractivity contribution in [1.82, 2.24) is 30.1 Å². The van der Waals surface area contributed by atoms with E-state index in [9.17, 15) is 9.18 Å². The second-order valence-electron chi connectivity index (χ2n) is 10.2. The van der Waals surface area contributed by atoms with Gasteiger partial charge < -0.3 is 10.3 Å². The maximum Gasteiger partial charge on any atom is 0.228 e. The molecule has 0 atom stereocenters. The number of halogens is 1. The van der Waals surface area contributed by atoms with Gasteiger partial charge in [-0.25, -0.2) is 9.37 Å². The molecule has 1 amide bonds. The first kappa shape index (κ1) is 25.3. The molecule has 0 spiro atoms. The van der Waals surface area contributed by atoms with Gasteiger partial charge in [-0.05, 0) is 66.6 Å². The van der Waals surface area contributed by atoms with Gasteiger partial charge in [0.1, 0.15) is 17.0 Å². The molecule has 2 aromatic carbocycles. The van der Waals surface area contributed by atoms with Crippen LogP contribution in [-0.4, -0.2) is 36.0 Å². The minimum atomic E-state index is -0.302. The first-order valence-electron chi connectivity index (χ1n) is 13.4. The summed E-state index contributed by atoms with van der Waals surface area (Å²) in [4.78, 5) is 29.8. The lowest BCUT2D eigenvalue weighted by Gasteiger charge is -2.07. The molecule has 0 fully saturated rings. The van der Waals surface area contributed by atoms with E-state index in [0.29, 0.717) is 33.8 Å². The number of carbonyl (C=O) groups is 1. The lowest BCUT2D eigenvalue weighted by Crippen LogP contribution is -2.14. The number of hydrogen-bond donors (Lipinski definition) is 3. The molecule has 0 aliphatic heterocycles. The van der Waals surface area contributed by atoms with Crippen LogP contribution in [0.1, 0.15) is 11.1 Å². The highest BCUT2D eigenvalue weighted by Crippen LogP contribution is 2.33. The summed E-state index contributed by atoms with van der Waals surface area (Å²) in [6.07, 6.45) is 5.30. The third-order valence-electron chi connectivity index (χ3n) is 7.05. The fraction of sp³-hybridized carbons (Fsp3) is 0.0606.